The van der Waals surface area contributed by atoms with Crippen molar-refractivity contribution in [1.29, 1.82) is 0 Å². The van der Waals surface area contributed by atoms with Gasteiger partial charge in [-0.15, -0.1) is 23.4 Å². The van der Waals surface area contributed by atoms with E-state index in [1.165, 1.54) is 12.1 Å². The normalized spacial score (nSPS) is 12.6. The molecule has 0 bridgehead atoms. The van der Waals surface area contributed by atoms with E-state index in [9.17, 15) is 18.0 Å². The Hall–Kier alpha value is -3.14. The van der Waals surface area contributed by atoms with E-state index < -0.39 is 18.0 Å². The smallest absolute Gasteiger partial charge is 0.404 e. The number of rotatable bonds is 7. The number of primary amides is 1. The Kier molecular flexibility index (Phi) is 6.02. The second kappa shape index (κ2) is 8.48. The zero-order valence-electron chi connectivity index (χ0n) is 14.8. The molecule has 2 aromatic carbocycles. The van der Waals surface area contributed by atoms with Gasteiger partial charge in [0, 0.05) is 12.0 Å². The molecule has 0 fully saturated rings. The molecule has 152 valence electrons. The standard InChI is InChI=1S/C18H15ClF3N5O2/c19-14-7-10(4-5-15(14)29-18(20,21)22)6-13(9-16(23)28)11-2-1-3-12(8-11)17-24-26-27-25-17/h1-5,7-8,13H,6,9H2,(H2,23,28)(H,24,25,26,27). The molecule has 3 aromatic rings. The Balaban J connectivity index is 1.86. The average molecular weight is 426 g/mol. The SMILES string of the molecule is NC(=O)CC(Cc1ccc(OC(F)(F)F)c(Cl)c1)c1cccc(-c2nn[nH]n2)c1. The number of tetrazole rings is 1. The molecular weight excluding hydrogens is 411 g/mol. The Morgan fingerprint density at radius 1 is 1.24 bits per heavy atom. The van der Waals surface area contributed by atoms with Gasteiger partial charge in [-0.05, 0) is 46.9 Å². The second-order valence-corrected chi connectivity index (χ2v) is 6.65. The lowest BCUT2D eigenvalue weighted by atomic mass is 9.88. The molecule has 1 heterocycles. The van der Waals surface area contributed by atoms with Crippen molar-refractivity contribution in [3.63, 3.8) is 0 Å². The molecule has 1 amide bonds. The molecule has 1 atom stereocenters. The summed E-state index contributed by atoms with van der Waals surface area (Å²) in [5.41, 5.74) is 7.50. The van der Waals surface area contributed by atoms with Crippen LogP contribution >= 0.6 is 11.6 Å². The van der Waals surface area contributed by atoms with Crippen LogP contribution in [0.5, 0.6) is 5.75 Å². The van der Waals surface area contributed by atoms with E-state index in [1.54, 1.807) is 18.2 Å². The van der Waals surface area contributed by atoms with Crippen molar-refractivity contribution in [3.8, 4) is 17.1 Å². The lowest BCUT2D eigenvalue weighted by Gasteiger charge is -2.18. The minimum atomic E-state index is -4.84. The molecule has 1 aromatic heterocycles. The van der Waals surface area contributed by atoms with Gasteiger partial charge in [0.25, 0.3) is 0 Å². The van der Waals surface area contributed by atoms with Crippen molar-refractivity contribution in [2.24, 2.45) is 5.73 Å². The number of hydrogen-bond acceptors (Lipinski definition) is 5. The molecular formula is C18H15ClF3N5O2. The first-order chi connectivity index (χ1) is 13.7. The Morgan fingerprint density at radius 2 is 2.03 bits per heavy atom. The minimum absolute atomic E-state index is 0.0358. The minimum Gasteiger partial charge on any atom is -0.404 e. The molecule has 0 radical (unpaired) electrons. The number of amides is 1. The summed E-state index contributed by atoms with van der Waals surface area (Å²) >= 11 is 5.92. The Morgan fingerprint density at radius 3 is 2.66 bits per heavy atom. The van der Waals surface area contributed by atoms with Gasteiger partial charge < -0.3 is 10.5 Å². The second-order valence-electron chi connectivity index (χ2n) is 6.24. The molecule has 3 rings (SSSR count). The Labute approximate surface area is 168 Å². The summed E-state index contributed by atoms with van der Waals surface area (Å²) in [5.74, 6) is -0.942. The number of carbonyl (C=O) groups excluding carboxylic acids is 1. The molecule has 1 unspecified atom stereocenters. The summed E-state index contributed by atoms with van der Waals surface area (Å²) in [7, 11) is 0. The lowest BCUT2D eigenvalue weighted by molar-refractivity contribution is -0.274. The number of nitrogens with zero attached hydrogens (tertiary/aromatic N) is 3. The maximum Gasteiger partial charge on any atom is 0.573 e. The van der Waals surface area contributed by atoms with Gasteiger partial charge in [0.15, 0.2) is 0 Å². The van der Waals surface area contributed by atoms with Crippen molar-refractivity contribution in [2.75, 3.05) is 0 Å². The van der Waals surface area contributed by atoms with Crippen LogP contribution in [0.15, 0.2) is 42.5 Å². The summed E-state index contributed by atoms with van der Waals surface area (Å²) in [5, 5.41) is 13.5. The maximum absolute atomic E-state index is 12.4. The number of halogens is 4. The predicted octanol–water partition coefficient (Wildman–Crippen LogP) is 3.62. The highest BCUT2D eigenvalue weighted by Crippen LogP contribution is 2.33. The summed E-state index contributed by atoms with van der Waals surface area (Å²) in [6.07, 6.45) is -4.48. The average Bonchev–Trinajstić information content (AvgIpc) is 3.17. The highest BCUT2D eigenvalue weighted by atomic mass is 35.5. The number of carbonyl (C=O) groups is 1. The molecule has 29 heavy (non-hydrogen) atoms. The largest absolute Gasteiger partial charge is 0.573 e. The van der Waals surface area contributed by atoms with Gasteiger partial charge in [0.1, 0.15) is 5.75 Å². The highest BCUT2D eigenvalue weighted by molar-refractivity contribution is 6.32. The molecule has 0 saturated heterocycles. The van der Waals surface area contributed by atoms with Gasteiger partial charge in [0.05, 0.1) is 5.02 Å². The van der Waals surface area contributed by atoms with Crippen LogP contribution < -0.4 is 10.5 Å². The molecule has 0 spiro atoms. The molecule has 0 saturated carbocycles. The number of nitrogens with two attached hydrogens (primary N) is 1. The highest BCUT2D eigenvalue weighted by Gasteiger charge is 2.32. The number of aromatic amines is 1. The van der Waals surface area contributed by atoms with Crippen LogP contribution in [0.3, 0.4) is 0 Å². The fraction of sp³-hybridized carbons (Fsp3) is 0.222. The van der Waals surface area contributed by atoms with Crippen molar-refractivity contribution in [1.82, 2.24) is 20.6 Å². The van der Waals surface area contributed by atoms with E-state index in [0.717, 1.165) is 11.6 Å². The van der Waals surface area contributed by atoms with E-state index in [4.69, 9.17) is 17.3 Å². The fourth-order valence-electron chi connectivity index (χ4n) is 2.93. The van der Waals surface area contributed by atoms with Crippen LogP contribution in [0, 0.1) is 0 Å². The summed E-state index contributed by atoms with van der Waals surface area (Å²) in [4.78, 5) is 11.6. The number of ether oxygens (including phenoxy) is 1. The number of aromatic nitrogens is 4. The number of benzene rings is 2. The quantitative estimate of drug-likeness (QED) is 0.601. The first kappa shape index (κ1) is 20.6. The Bertz CT molecular complexity index is 995. The maximum atomic E-state index is 12.4. The van der Waals surface area contributed by atoms with Gasteiger partial charge >= 0.3 is 6.36 Å². The van der Waals surface area contributed by atoms with Gasteiger partial charge in [-0.2, -0.15) is 5.21 Å². The first-order valence-electron chi connectivity index (χ1n) is 8.37. The van der Waals surface area contributed by atoms with Gasteiger partial charge in [-0.1, -0.05) is 35.9 Å². The molecule has 0 aliphatic heterocycles. The number of alkyl halides is 3. The third-order valence-electron chi connectivity index (χ3n) is 4.11. The van der Waals surface area contributed by atoms with Crippen LogP contribution in [-0.4, -0.2) is 32.9 Å². The fourth-order valence-corrected chi connectivity index (χ4v) is 3.17. The van der Waals surface area contributed by atoms with Gasteiger partial charge in [-0.25, -0.2) is 0 Å². The van der Waals surface area contributed by atoms with E-state index in [0.29, 0.717) is 23.4 Å². The van der Waals surface area contributed by atoms with Crippen LogP contribution in [-0.2, 0) is 11.2 Å². The predicted molar refractivity (Wildman–Crippen MR) is 98.0 cm³/mol. The van der Waals surface area contributed by atoms with E-state index in [2.05, 4.69) is 25.4 Å². The van der Waals surface area contributed by atoms with Gasteiger partial charge in [-0.3, -0.25) is 4.79 Å². The van der Waals surface area contributed by atoms with Crippen LogP contribution in [0.25, 0.3) is 11.4 Å². The number of H-pyrrole nitrogens is 1. The van der Waals surface area contributed by atoms with E-state index >= 15 is 0 Å². The monoisotopic (exact) mass is 425 g/mol. The lowest BCUT2D eigenvalue weighted by Crippen LogP contribution is -2.18. The molecule has 3 N–H and O–H groups in total. The van der Waals surface area contributed by atoms with Crippen molar-refractivity contribution < 1.29 is 22.7 Å². The van der Waals surface area contributed by atoms with Gasteiger partial charge in [0.2, 0.25) is 11.7 Å². The van der Waals surface area contributed by atoms with Crippen LogP contribution in [0.4, 0.5) is 13.2 Å². The van der Waals surface area contributed by atoms with Crippen molar-refractivity contribution in [2.45, 2.75) is 25.1 Å². The van der Waals surface area contributed by atoms with E-state index in [1.807, 2.05) is 6.07 Å². The van der Waals surface area contributed by atoms with Crippen LogP contribution in [0.1, 0.15) is 23.5 Å². The zero-order valence-corrected chi connectivity index (χ0v) is 15.5. The topological polar surface area (TPSA) is 107 Å². The van der Waals surface area contributed by atoms with Crippen LogP contribution in [0.2, 0.25) is 5.02 Å². The first-order valence-corrected chi connectivity index (χ1v) is 8.75. The zero-order chi connectivity index (χ0) is 21.0. The summed E-state index contributed by atoms with van der Waals surface area (Å²) in [6.45, 7) is 0. The third kappa shape index (κ3) is 5.67. The molecule has 7 nitrogen and oxygen atoms in total. The molecule has 0 aliphatic rings. The van der Waals surface area contributed by atoms with Crippen molar-refractivity contribution >= 4 is 17.5 Å². The van der Waals surface area contributed by atoms with Crippen molar-refractivity contribution in [3.05, 3.63) is 58.6 Å². The summed E-state index contributed by atoms with van der Waals surface area (Å²) in [6, 6.07) is 11.2. The van der Waals surface area contributed by atoms with E-state index in [-0.39, 0.29) is 17.4 Å². The molecule has 11 heteroatoms. The number of hydrogen-bond donors (Lipinski definition) is 2. The molecule has 0 aliphatic carbocycles. The third-order valence-corrected chi connectivity index (χ3v) is 4.41. The summed E-state index contributed by atoms with van der Waals surface area (Å²) < 4.78 is 41.1. The number of nitrogens with one attached hydrogen (secondary N) is 1.